The van der Waals surface area contributed by atoms with Gasteiger partial charge in [0, 0.05) is 6.04 Å². The fraction of sp³-hybridized carbons (Fsp3) is 0.500. The molecule has 0 saturated carbocycles. The molecule has 0 aromatic heterocycles. The maximum Gasteiger partial charge on any atom is 0.416 e. The summed E-state index contributed by atoms with van der Waals surface area (Å²) in [5.41, 5.74) is 5.58. The van der Waals surface area contributed by atoms with Crippen LogP contribution in [0.1, 0.15) is 24.5 Å². The highest BCUT2D eigenvalue weighted by Crippen LogP contribution is 2.32. The van der Waals surface area contributed by atoms with Crippen molar-refractivity contribution in [2.24, 2.45) is 5.73 Å². The number of hydrogen-bond acceptors (Lipinski definition) is 2. The Morgan fingerprint density at radius 1 is 1.35 bits per heavy atom. The summed E-state index contributed by atoms with van der Waals surface area (Å²) in [5, 5.41) is 0. The minimum absolute atomic E-state index is 0.160. The topological polar surface area (TPSA) is 35.2 Å². The van der Waals surface area contributed by atoms with Crippen molar-refractivity contribution in [1.29, 1.82) is 0 Å². The summed E-state index contributed by atoms with van der Waals surface area (Å²) in [6, 6.07) is 3.29. The highest BCUT2D eigenvalue weighted by molar-refractivity contribution is 5.38. The van der Waals surface area contributed by atoms with Gasteiger partial charge in [0.15, 0.2) is 0 Å². The number of benzene rings is 1. The molecule has 1 rings (SSSR count). The van der Waals surface area contributed by atoms with E-state index in [9.17, 15) is 13.2 Å². The summed E-state index contributed by atoms with van der Waals surface area (Å²) in [7, 11) is 1.43. The number of ether oxygens (including phenoxy) is 1. The first-order valence-corrected chi connectivity index (χ1v) is 5.38. The highest BCUT2D eigenvalue weighted by Gasteiger charge is 2.31. The first-order chi connectivity index (χ1) is 7.88. The van der Waals surface area contributed by atoms with Gasteiger partial charge in [0.25, 0.3) is 0 Å². The Morgan fingerprint density at radius 3 is 2.47 bits per heavy atom. The molecule has 1 atom stereocenters. The molecule has 0 spiro atoms. The lowest BCUT2D eigenvalue weighted by atomic mass is 10.0. The molecule has 17 heavy (non-hydrogen) atoms. The van der Waals surface area contributed by atoms with E-state index in [2.05, 4.69) is 0 Å². The second kappa shape index (κ2) is 5.40. The maximum absolute atomic E-state index is 12.6. The molecule has 0 fully saturated rings. The third kappa shape index (κ3) is 3.63. The summed E-state index contributed by atoms with van der Waals surface area (Å²) in [4.78, 5) is 0. The molecular formula is C12H16F3NO. The number of halogens is 3. The molecule has 1 aromatic carbocycles. The van der Waals surface area contributed by atoms with Crippen LogP contribution >= 0.6 is 0 Å². The quantitative estimate of drug-likeness (QED) is 0.887. The van der Waals surface area contributed by atoms with E-state index in [1.807, 2.05) is 6.92 Å². The number of rotatable bonds is 4. The van der Waals surface area contributed by atoms with Crippen LogP contribution in [0.15, 0.2) is 18.2 Å². The molecule has 0 aliphatic heterocycles. The summed E-state index contributed by atoms with van der Waals surface area (Å²) in [6.07, 6.45) is -3.25. The van der Waals surface area contributed by atoms with Gasteiger partial charge >= 0.3 is 6.18 Å². The van der Waals surface area contributed by atoms with Gasteiger partial charge < -0.3 is 10.5 Å². The predicted octanol–water partition coefficient (Wildman–Crippen LogP) is 2.99. The SMILES string of the molecule is CCC(N)Cc1cc(C(F)(F)F)ccc1OC. The minimum atomic E-state index is -4.34. The Hall–Kier alpha value is -1.23. The molecule has 0 saturated heterocycles. The monoisotopic (exact) mass is 247 g/mol. The van der Waals surface area contributed by atoms with Crippen molar-refractivity contribution < 1.29 is 17.9 Å². The van der Waals surface area contributed by atoms with Gasteiger partial charge in [-0.15, -0.1) is 0 Å². The van der Waals surface area contributed by atoms with E-state index in [4.69, 9.17) is 10.5 Å². The van der Waals surface area contributed by atoms with E-state index >= 15 is 0 Å². The van der Waals surface area contributed by atoms with E-state index in [0.717, 1.165) is 12.1 Å². The lowest BCUT2D eigenvalue weighted by Crippen LogP contribution is -2.22. The molecule has 0 radical (unpaired) electrons. The van der Waals surface area contributed by atoms with Crippen molar-refractivity contribution in [2.75, 3.05) is 7.11 Å². The molecule has 2 nitrogen and oxygen atoms in total. The third-order valence-electron chi connectivity index (χ3n) is 2.61. The predicted molar refractivity (Wildman–Crippen MR) is 60.0 cm³/mol. The molecular weight excluding hydrogens is 231 g/mol. The fourth-order valence-corrected chi connectivity index (χ4v) is 1.54. The Balaban J connectivity index is 3.07. The van der Waals surface area contributed by atoms with Crippen LogP contribution in [0.3, 0.4) is 0 Å². The molecule has 2 N–H and O–H groups in total. The Bertz CT molecular complexity index is 377. The van der Waals surface area contributed by atoms with Crippen LogP contribution in [0.4, 0.5) is 13.2 Å². The molecule has 5 heteroatoms. The number of methoxy groups -OCH3 is 1. The van der Waals surface area contributed by atoms with Crippen molar-refractivity contribution >= 4 is 0 Å². The first-order valence-electron chi connectivity index (χ1n) is 5.38. The highest BCUT2D eigenvalue weighted by atomic mass is 19.4. The van der Waals surface area contributed by atoms with E-state index in [1.165, 1.54) is 13.2 Å². The van der Waals surface area contributed by atoms with Crippen molar-refractivity contribution in [3.63, 3.8) is 0 Å². The van der Waals surface area contributed by atoms with Crippen LogP contribution in [0.25, 0.3) is 0 Å². The lowest BCUT2D eigenvalue weighted by Gasteiger charge is -2.15. The van der Waals surface area contributed by atoms with E-state index in [0.29, 0.717) is 24.2 Å². The minimum Gasteiger partial charge on any atom is -0.496 e. The Morgan fingerprint density at radius 2 is 2.00 bits per heavy atom. The molecule has 96 valence electrons. The van der Waals surface area contributed by atoms with E-state index in [-0.39, 0.29) is 6.04 Å². The van der Waals surface area contributed by atoms with Gasteiger partial charge in [0.2, 0.25) is 0 Å². The van der Waals surface area contributed by atoms with Crippen LogP contribution in [0.2, 0.25) is 0 Å². The molecule has 0 aliphatic carbocycles. The van der Waals surface area contributed by atoms with Gasteiger partial charge in [0.1, 0.15) is 5.75 Å². The summed E-state index contributed by atoms with van der Waals surface area (Å²) < 4.78 is 42.7. The van der Waals surface area contributed by atoms with Gasteiger partial charge in [0.05, 0.1) is 12.7 Å². The average molecular weight is 247 g/mol. The van der Waals surface area contributed by atoms with Crippen molar-refractivity contribution in [3.05, 3.63) is 29.3 Å². The van der Waals surface area contributed by atoms with E-state index < -0.39 is 11.7 Å². The summed E-state index contributed by atoms with van der Waals surface area (Å²) in [5.74, 6) is 0.446. The van der Waals surface area contributed by atoms with Crippen molar-refractivity contribution in [3.8, 4) is 5.75 Å². The lowest BCUT2D eigenvalue weighted by molar-refractivity contribution is -0.137. The zero-order chi connectivity index (χ0) is 13.1. The van der Waals surface area contributed by atoms with Crippen LogP contribution in [0.5, 0.6) is 5.75 Å². The van der Waals surface area contributed by atoms with E-state index in [1.54, 1.807) is 0 Å². The summed E-state index contributed by atoms with van der Waals surface area (Å²) >= 11 is 0. The molecule has 0 bridgehead atoms. The molecule has 0 amide bonds. The standard InChI is InChI=1S/C12H16F3NO/c1-3-10(16)7-8-6-9(12(13,14)15)4-5-11(8)17-2/h4-6,10H,3,7,16H2,1-2H3. The van der Waals surface area contributed by atoms with Crippen LogP contribution in [0, 0.1) is 0 Å². The Kier molecular flexibility index (Phi) is 4.40. The second-order valence-electron chi connectivity index (χ2n) is 3.90. The van der Waals surface area contributed by atoms with Gasteiger partial charge in [-0.05, 0) is 36.6 Å². The summed E-state index contributed by atoms with van der Waals surface area (Å²) in [6.45, 7) is 1.89. The third-order valence-corrected chi connectivity index (χ3v) is 2.61. The van der Waals surface area contributed by atoms with Gasteiger partial charge in [-0.2, -0.15) is 13.2 Å². The van der Waals surface area contributed by atoms with Crippen molar-refractivity contribution in [1.82, 2.24) is 0 Å². The number of nitrogens with two attached hydrogens (primary N) is 1. The number of hydrogen-bond donors (Lipinski definition) is 1. The molecule has 0 aliphatic rings. The zero-order valence-electron chi connectivity index (χ0n) is 9.84. The van der Waals surface area contributed by atoms with Gasteiger partial charge in [-0.3, -0.25) is 0 Å². The first kappa shape index (κ1) is 13.8. The van der Waals surface area contributed by atoms with Gasteiger partial charge in [-0.1, -0.05) is 6.92 Å². The molecule has 1 aromatic rings. The Labute approximate surface area is 98.6 Å². The van der Waals surface area contributed by atoms with Crippen molar-refractivity contribution in [2.45, 2.75) is 32.0 Å². The van der Waals surface area contributed by atoms with Gasteiger partial charge in [-0.25, -0.2) is 0 Å². The van der Waals surface area contributed by atoms with Crippen LogP contribution < -0.4 is 10.5 Å². The largest absolute Gasteiger partial charge is 0.496 e. The fourth-order valence-electron chi connectivity index (χ4n) is 1.54. The number of alkyl halides is 3. The van der Waals surface area contributed by atoms with Crippen LogP contribution in [-0.4, -0.2) is 13.2 Å². The second-order valence-corrected chi connectivity index (χ2v) is 3.90. The molecule has 0 heterocycles. The maximum atomic E-state index is 12.6. The zero-order valence-corrected chi connectivity index (χ0v) is 9.84. The normalized spacial score (nSPS) is 13.5. The average Bonchev–Trinajstić information content (AvgIpc) is 2.27. The smallest absolute Gasteiger partial charge is 0.416 e. The van der Waals surface area contributed by atoms with Crippen LogP contribution in [-0.2, 0) is 12.6 Å². The molecule has 1 unspecified atom stereocenters.